The van der Waals surface area contributed by atoms with Gasteiger partial charge in [-0.25, -0.2) is 0 Å². The van der Waals surface area contributed by atoms with Crippen LogP contribution in [0.4, 0.5) is 5.69 Å². The number of ketones is 1. The van der Waals surface area contributed by atoms with E-state index in [4.69, 9.17) is 4.74 Å². The molecule has 3 rings (SSSR count). The molecule has 1 saturated heterocycles. The Balaban J connectivity index is 1.42. The van der Waals surface area contributed by atoms with Crippen LogP contribution in [-0.4, -0.2) is 73.0 Å². The molecular formula is C26H33N3O4S. The third kappa shape index (κ3) is 7.08. The number of hydrogen-bond acceptors (Lipinski definition) is 6. The van der Waals surface area contributed by atoms with Crippen molar-refractivity contribution in [3.05, 3.63) is 59.2 Å². The van der Waals surface area contributed by atoms with E-state index in [0.29, 0.717) is 49.8 Å². The molecule has 0 aliphatic carbocycles. The van der Waals surface area contributed by atoms with Gasteiger partial charge in [0.2, 0.25) is 11.8 Å². The van der Waals surface area contributed by atoms with Crippen LogP contribution in [0.1, 0.15) is 35.3 Å². The van der Waals surface area contributed by atoms with Crippen LogP contribution in [0.15, 0.2) is 42.5 Å². The zero-order chi connectivity index (χ0) is 24.5. The molecular weight excluding hydrogens is 450 g/mol. The van der Waals surface area contributed by atoms with Gasteiger partial charge in [0.05, 0.1) is 19.4 Å². The Morgan fingerprint density at radius 3 is 2.44 bits per heavy atom. The Morgan fingerprint density at radius 2 is 1.76 bits per heavy atom. The van der Waals surface area contributed by atoms with E-state index in [2.05, 4.69) is 17.1 Å². The van der Waals surface area contributed by atoms with Crippen LogP contribution in [0.5, 0.6) is 5.75 Å². The van der Waals surface area contributed by atoms with Gasteiger partial charge in [0, 0.05) is 48.7 Å². The maximum Gasteiger partial charge on any atom is 0.238 e. The first kappa shape index (κ1) is 25.8. The summed E-state index contributed by atoms with van der Waals surface area (Å²) < 4.78 is 5.39. The minimum atomic E-state index is -0.0297. The number of ether oxygens (including phenoxy) is 1. The number of amides is 2. The van der Waals surface area contributed by atoms with Crippen molar-refractivity contribution in [2.75, 3.05) is 50.9 Å². The molecule has 182 valence electrons. The molecule has 0 aromatic heterocycles. The lowest BCUT2D eigenvalue weighted by Gasteiger charge is -2.34. The van der Waals surface area contributed by atoms with Crippen LogP contribution in [0.3, 0.4) is 0 Å². The number of methoxy groups -OCH3 is 1. The molecule has 0 spiro atoms. The lowest BCUT2D eigenvalue weighted by Crippen LogP contribution is -2.50. The summed E-state index contributed by atoms with van der Waals surface area (Å²) in [4.78, 5) is 40.8. The van der Waals surface area contributed by atoms with Crippen molar-refractivity contribution in [3.8, 4) is 5.75 Å². The predicted octanol–water partition coefficient (Wildman–Crippen LogP) is 3.48. The van der Waals surface area contributed by atoms with Crippen molar-refractivity contribution >= 4 is 35.0 Å². The molecule has 1 fully saturated rings. The summed E-state index contributed by atoms with van der Waals surface area (Å²) in [6.07, 6.45) is 0.865. The molecule has 0 bridgehead atoms. The molecule has 0 saturated carbocycles. The highest BCUT2D eigenvalue weighted by molar-refractivity contribution is 7.99. The zero-order valence-corrected chi connectivity index (χ0v) is 21.0. The molecule has 1 N–H and O–H groups in total. The number of piperazine rings is 1. The number of Topliss-reactive ketones (excluding diaryl/α,β-unsaturated/α-hetero) is 1. The molecule has 34 heavy (non-hydrogen) atoms. The molecule has 2 amide bonds. The number of rotatable bonds is 10. The van der Waals surface area contributed by atoms with Crippen LogP contribution in [-0.2, 0) is 21.8 Å². The van der Waals surface area contributed by atoms with Gasteiger partial charge in [-0.05, 0) is 43.2 Å². The largest absolute Gasteiger partial charge is 0.496 e. The van der Waals surface area contributed by atoms with Crippen LogP contribution in [0, 0.1) is 0 Å². The second kappa shape index (κ2) is 12.6. The monoisotopic (exact) mass is 483 g/mol. The van der Waals surface area contributed by atoms with Gasteiger partial charge in [-0.3, -0.25) is 19.3 Å². The lowest BCUT2D eigenvalue weighted by molar-refractivity contribution is -0.130. The highest BCUT2D eigenvalue weighted by atomic mass is 32.2. The summed E-state index contributed by atoms with van der Waals surface area (Å²) in [5, 5.41) is 3.01. The maximum absolute atomic E-state index is 12.7. The second-order valence-corrected chi connectivity index (χ2v) is 9.28. The molecule has 0 unspecified atom stereocenters. The molecule has 1 aliphatic rings. The topological polar surface area (TPSA) is 79.0 Å². The fourth-order valence-electron chi connectivity index (χ4n) is 3.95. The Labute approximate surface area is 205 Å². The number of carbonyl (C=O) groups is 3. The van der Waals surface area contributed by atoms with E-state index in [1.54, 1.807) is 19.2 Å². The number of thioether (sulfide) groups is 1. The summed E-state index contributed by atoms with van der Waals surface area (Å²) in [6, 6.07) is 13.2. The van der Waals surface area contributed by atoms with Gasteiger partial charge in [-0.15, -0.1) is 11.8 Å². The van der Waals surface area contributed by atoms with Crippen molar-refractivity contribution in [1.82, 2.24) is 9.80 Å². The van der Waals surface area contributed by atoms with Crippen LogP contribution >= 0.6 is 11.8 Å². The molecule has 1 heterocycles. The number of nitrogens with one attached hydrogen (secondary N) is 1. The highest BCUT2D eigenvalue weighted by Gasteiger charge is 2.22. The van der Waals surface area contributed by atoms with Gasteiger partial charge in [0.1, 0.15) is 5.75 Å². The van der Waals surface area contributed by atoms with Crippen molar-refractivity contribution in [3.63, 3.8) is 0 Å². The molecule has 0 atom stereocenters. The van der Waals surface area contributed by atoms with E-state index in [0.717, 1.165) is 29.0 Å². The second-order valence-electron chi connectivity index (χ2n) is 8.29. The summed E-state index contributed by atoms with van der Waals surface area (Å²) in [5.74, 6) is 1.74. The number of aryl methyl sites for hydroxylation is 1. The van der Waals surface area contributed by atoms with Crippen molar-refractivity contribution < 1.29 is 19.1 Å². The fourth-order valence-corrected chi connectivity index (χ4v) is 4.85. The Bertz CT molecular complexity index is 1020. The van der Waals surface area contributed by atoms with Gasteiger partial charge in [0.15, 0.2) is 5.78 Å². The van der Waals surface area contributed by atoms with E-state index in [1.165, 1.54) is 18.7 Å². The van der Waals surface area contributed by atoms with Gasteiger partial charge < -0.3 is 15.0 Å². The summed E-state index contributed by atoms with van der Waals surface area (Å²) in [6.45, 7) is 6.50. The SMILES string of the molecule is CCc1ccccc1NC(=O)CN1CCN(C(=O)CSCc2cc(C(C)=O)ccc2OC)CC1. The van der Waals surface area contributed by atoms with E-state index < -0.39 is 0 Å². The first-order valence-corrected chi connectivity index (χ1v) is 12.7. The van der Waals surface area contributed by atoms with E-state index >= 15 is 0 Å². The predicted molar refractivity (Wildman–Crippen MR) is 137 cm³/mol. The van der Waals surface area contributed by atoms with E-state index in [-0.39, 0.29) is 17.6 Å². The van der Waals surface area contributed by atoms with Gasteiger partial charge in [0.25, 0.3) is 0 Å². The number of anilines is 1. The molecule has 8 heteroatoms. The van der Waals surface area contributed by atoms with Crippen LogP contribution < -0.4 is 10.1 Å². The van der Waals surface area contributed by atoms with E-state index in [9.17, 15) is 14.4 Å². The molecule has 1 aliphatic heterocycles. The van der Waals surface area contributed by atoms with Gasteiger partial charge in [-0.2, -0.15) is 0 Å². The number of carbonyl (C=O) groups excluding carboxylic acids is 3. The van der Waals surface area contributed by atoms with Gasteiger partial charge >= 0.3 is 0 Å². The molecule has 2 aromatic carbocycles. The average molecular weight is 484 g/mol. The summed E-state index contributed by atoms with van der Waals surface area (Å²) in [5.41, 5.74) is 3.54. The van der Waals surface area contributed by atoms with Gasteiger partial charge in [-0.1, -0.05) is 25.1 Å². The Morgan fingerprint density at radius 1 is 1.03 bits per heavy atom. The summed E-state index contributed by atoms with van der Waals surface area (Å²) in [7, 11) is 1.60. The first-order valence-electron chi connectivity index (χ1n) is 11.5. The minimum Gasteiger partial charge on any atom is -0.496 e. The molecule has 0 radical (unpaired) electrons. The van der Waals surface area contributed by atoms with Crippen molar-refractivity contribution in [1.29, 1.82) is 0 Å². The number of benzene rings is 2. The molecule has 2 aromatic rings. The quantitative estimate of drug-likeness (QED) is 0.522. The average Bonchev–Trinajstić information content (AvgIpc) is 2.84. The number of para-hydroxylation sites is 1. The van der Waals surface area contributed by atoms with E-state index in [1.807, 2.05) is 35.2 Å². The standard InChI is InChI=1S/C26H33N3O4S/c1-4-20-7-5-6-8-23(20)27-25(31)16-28-11-13-29(14-12-28)26(32)18-34-17-22-15-21(19(2)30)9-10-24(22)33-3/h5-10,15H,4,11-14,16-18H2,1-3H3,(H,27,31). The molecule has 7 nitrogen and oxygen atoms in total. The fraction of sp³-hybridized carbons (Fsp3) is 0.423. The smallest absolute Gasteiger partial charge is 0.238 e. The third-order valence-electron chi connectivity index (χ3n) is 5.93. The van der Waals surface area contributed by atoms with Crippen LogP contribution in [0.25, 0.3) is 0 Å². The Hall–Kier alpha value is -2.84. The third-order valence-corrected chi connectivity index (χ3v) is 6.90. The van der Waals surface area contributed by atoms with Crippen LogP contribution in [0.2, 0.25) is 0 Å². The zero-order valence-electron chi connectivity index (χ0n) is 20.1. The minimum absolute atomic E-state index is 0.00565. The lowest BCUT2D eigenvalue weighted by atomic mass is 10.1. The van der Waals surface area contributed by atoms with Crippen molar-refractivity contribution in [2.45, 2.75) is 26.0 Å². The maximum atomic E-state index is 12.7. The summed E-state index contributed by atoms with van der Waals surface area (Å²) >= 11 is 1.51. The number of hydrogen-bond donors (Lipinski definition) is 1. The Kier molecular flexibility index (Phi) is 9.53. The normalized spacial score (nSPS) is 14.0. The first-order chi connectivity index (χ1) is 16.4. The van der Waals surface area contributed by atoms with Crippen molar-refractivity contribution in [2.24, 2.45) is 0 Å². The number of nitrogens with zero attached hydrogens (tertiary/aromatic N) is 2. The highest BCUT2D eigenvalue weighted by Crippen LogP contribution is 2.25.